The fraction of sp³-hybridized carbons (Fsp3) is 0.250. The highest BCUT2D eigenvalue weighted by Gasteiger charge is 2.24. The molecule has 7 heteroatoms. The molecule has 0 saturated carbocycles. The minimum Gasteiger partial charge on any atom is -0.459 e. The summed E-state index contributed by atoms with van der Waals surface area (Å²) in [6.45, 7) is 4.73. The van der Waals surface area contributed by atoms with Crippen molar-refractivity contribution in [3.63, 3.8) is 0 Å². The third-order valence-electron chi connectivity index (χ3n) is 4.66. The zero-order valence-electron chi connectivity index (χ0n) is 15.1. The van der Waals surface area contributed by atoms with Crippen molar-refractivity contribution in [2.45, 2.75) is 6.92 Å². The average molecular weight is 363 g/mol. The highest BCUT2D eigenvalue weighted by Crippen LogP contribution is 2.20. The van der Waals surface area contributed by atoms with Gasteiger partial charge in [0.05, 0.1) is 6.26 Å². The van der Waals surface area contributed by atoms with Crippen molar-refractivity contribution in [3.8, 4) is 0 Å². The Morgan fingerprint density at radius 1 is 1.07 bits per heavy atom. The van der Waals surface area contributed by atoms with Crippen LogP contribution in [0.4, 0.5) is 17.5 Å². The first-order valence-electron chi connectivity index (χ1n) is 8.94. The molecule has 0 spiro atoms. The molecule has 3 heterocycles. The summed E-state index contributed by atoms with van der Waals surface area (Å²) in [5, 5.41) is 3.27. The smallest absolute Gasteiger partial charge is 0.289 e. The number of benzene rings is 1. The van der Waals surface area contributed by atoms with E-state index in [4.69, 9.17) is 4.42 Å². The average Bonchev–Trinajstić information content (AvgIpc) is 3.24. The van der Waals surface area contributed by atoms with Crippen LogP contribution in [-0.4, -0.2) is 47.0 Å². The van der Waals surface area contributed by atoms with Crippen molar-refractivity contribution in [2.75, 3.05) is 36.4 Å². The van der Waals surface area contributed by atoms with Gasteiger partial charge in [0.2, 0.25) is 5.95 Å². The zero-order valence-corrected chi connectivity index (χ0v) is 15.1. The van der Waals surface area contributed by atoms with E-state index in [0.717, 1.165) is 17.1 Å². The highest BCUT2D eigenvalue weighted by molar-refractivity contribution is 5.91. The van der Waals surface area contributed by atoms with Crippen molar-refractivity contribution in [3.05, 3.63) is 66.2 Å². The second-order valence-corrected chi connectivity index (χ2v) is 6.43. The summed E-state index contributed by atoms with van der Waals surface area (Å²) >= 11 is 0. The molecule has 27 heavy (non-hydrogen) atoms. The van der Waals surface area contributed by atoms with E-state index in [0.29, 0.717) is 37.9 Å². The number of aromatic nitrogens is 2. The molecule has 4 rings (SSSR count). The largest absolute Gasteiger partial charge is 0.459 e. The fourth-order valence-corrected chi connectivity index (χ4v) is 3.11. The van der Waals surface area contributed by atoms with Crippen molar-refractivity contribution >= 4 is 23.4 Å². The second kappa shape index (κ2) is 7.49. The van der Waals surface area contributed by atoms with Crippen LogP contribution in [0.2, 0.25) is 0 Å². The predicted octanol–water partition coefficient (Wildman–Crippen LogP) is 3.08. The molecule has 1 aliphatic rings. The normalized spacial score (nSPS) is 14.3. The van der Waals surface area contributed by atoms with E-state index < -0.39 is 0 Å². The monoisotopic (exact) mass is 363 g/mol. The molecule has 7 nitrogen and oxygen atoms in total. The van der Waals surface area contributed by atoms with Crippen molar-refractivity contribution in [2.24, 2.45) is 0 Å². The van der Waals surface area contributed by atoms with Crippen LogP contribution in [0.5, 0.6) is 0 Å². The minimum absolute atomic E-state index is 0.0655. The zero-order chi connectivity index (χ0) is 18.6. The summed E-state index contributed by atoms with van der Waals surface area (Å²) in [6, 6.07) is 13.4. The highest BCUT2D eigenvalue weighted by atomic mass is 16.3. The summed E-state index contributed by atoms with van der Waals surface area (Å²) in [7, 11) is 0. The van der Waals surface area contributed by atoms with Crippen LogP contribution in [0, 0.1) is 6.92 Å². The van der Waals surface area contributed by atoms with Crippen molar-refractivity contribution in [1.29, 1.82) is 0 Å². The standard InChI is InChI=1S/C20H21N5O2/c1-15-5-2-3-6-16(15)22-20-21-9-8-18(23-20)24-10-12-25(13-11-24)19(26)17-7-4-14-27-17/h2-9,14H,10-13H2,1H3,(H,21,22,23). The molecule has 1 N–H and O–H groups in total. The molecular formula is C20H21N5O2. The minimum atomic E-state index is -0.0655. The van der Waals surface area contributed by atoms with Gasteiger partial charge in [0, 0.05) is 38.1 Å². The molecule has 0 atom stereocenters. The topological polar surface area (TPSA) is 74.5 Å². The molecule has 0 bridgehead atoms. The van der Waals surface area contributed by atoms with E-state index in [-0.39, 0.29) is 5.91 Å². The van der Waals surface area contributed by atoms with E-state index in [1.54, 1.807) is 18.3 Å². The summed E-state index contributed by atoms with van der Waals surface area (Å²) < 4.78 is 5.21. The number of nitrogens with one attached hydrogen (secondary N) is 1. The van der Waals surface area contributed by atoms with Gasteiger partial charge in [-0.05, 0) is 36.8 Å². The molecule has 0 aliphatic carbocycles. The Kier molecular flexibility index (Phi) is 4.74. The maximum atomic E-state index is 12.4. The number of amides is 1. The van der Waals surface area contributed by atoms with Crippen LogP contribution >= 0.6 is 0 Å². The van der Waals surface area contributed by atoms with Crippen LogP contribution in [-0.2, 0) is 0 Å². The Morgan fingerprint density at radius 2 is 1.89 bits per heavy atom. The lowest BCUT2D eigenvalue weighted by Crippen LogP contribution is -2.49. The Morgan fingerprint density at radius 3 is 2.63 bits per heavy atom. The second-order valence-electron chi connectivity index (χ2n) is 6.43. The Hall–Kier alpha value is -3.35. The molecular weight excluding hydrogens is 342 g/mol. The summed E-state index contributed by atoms with van der Waals surface area (Å²) in [6.07, 6.45) is 3.27. The first-order chi connectivity index (χ1) is 13.2. The first kappa shape index (κ1) is 17.1. The lowest BCUT2D eigenvalue weighted by atomic mass is 10.2. The summed E-state index contributed by atoms with van der Waals surface area (Å²) in [4.78, 5) is 25.3. The number of carbonyl (C=O) groups excluding carboxylic acids is 1. The maximum absolute atomic E-state index is 12.4. The van der Waals surface area contributed by atoms with Crippen LogP contribution in [0.15, 0.2) is 59.3 Å². The summed E-state index contributed by atoms with van der Waals surface area (Å²) in [5.74, 6) is 1.74. The quantitative estimate of drug-likeness (QED) is 0.768. The lowest BCUT2D eigenvalue weighted by Gasteiger charge is -2.35. The number of carbonyl (C=O) groups is 1. The van der Waals surface area contributed by atoms with Gasteiger partial charge >= 0.3 is 0 Å². The third kappa shape index (κ3) is 3.76. The molecule has 3 aromatic rings. The summed E-state index contributed by atoms with van der Waals surface area (Å²) in [5.41, 5.74) is 2.13. The lowest BCUT2D eigenvalue weighted by molar-refractivity contribution is 0.0714. The molecule has 1 saturated heterocycles. The number of nitrogens with zero attached hydrogens (tertiary/aromatic N) is 4. The molecule has 1 aromatic carbocycles. The predicted molar refractivity (Wildman–Crippen MR) is 103 cm³/mol. The Bertz CT molecular complexity index is 918. The van der Waals surface area contributed by atoms with Crippen LogP contribution in [0.1, 0.15) is 16.1 Å². The molecule has 1 aliphatic heterocycles. The van der Waals surface area contributed by atoms with E-state index in [1.807, 2.05) is 42.2 Å². The molecule has 0 unspecified atom stereocenters. The third-order valence-corrected chi connectivity index (χ3v) is 4.66. The van der Waals surface area contributed by atoms with Gasteiger partial charge in [-0.25, -0.2) is 4.98 Å². The van der Waals surface area contributed by atoms with E-state index in [1.165, 1.54) is 6.26 Å². The number of hydrogen-bond acceptors (Lipinski definition) is 6. The first-order valence-corrected chi connectivity index (χ1v) is 8.94. The van der Waals surface area contributed by atoms with Gasteiger partial charge in [-0.1, -0.05) is 18.2 Å². The Balaban J connectivity index is 1.41. The van der Waals surface area contributed by atoms with Crippen LogP contribution in [0.25, 0.3) is 0 Å². The van der Waals surface area contributed by atoms with Crippen LogP contribution < -0.4 is 10.2 Å². The van der Waals surface area contributed by atoms with Gasteiger partial charge in [-0.2, -0.15) is 4.98 Å². The Labute approximate surface area is 157 Å². The fourth-order valence-electron chi connectivity index (χ4n) is 3.11. The number of furan rings is 1. The van der Waals surface area contributed by atoms with Crippen molar-refractivity contribution in [1.82, 2.24) is 14.9 Å². The van der Waals surface area contributed by atoms with Gasteiger partial charge in [0.25, 0.3) is 5.91 Å². The van der Waals surface area contributed by atoms with Gasteiger partial charge < -0.3 is 19.5 Å². The van der Waals surface area contributed by atoms with Gasteiger partial charge in [-0.3, -0.25) is 4.79 Å². The van der Waals surface area contributed by atoms with E-state index in [9.17, 15) is 4.79 Å². The molecule has 2 aromatic heterocycles. The van der Waals surface area contributed by atoms with Crippen molar-refractivity contribution < 1.29 is 9.21 Å². The number of rotatable bonds is 4. The number of anilines is 3. The SMILES string of the molecule is Cc1ccccc1Nc1nccc(N2CCN(C(=O)c3ccco3)CC2)n1. The van der Waals surface area contributed by atoms with Gasteiger partial charge in [0.15, 0.2) is 5.76 Å². The maximum Gasteiger partial charge on any atom is 0.289 e. The molecule has 0 radical (unpaired) electrons. The number of aryl methyl sites for hydroxylation is 1. The van der Waals surface area contributed by atoms with Gasteiger partial charge in [0.1, 0.15) is 5.82 Å². The number of para-hydroxylation sites is 1. The number of hydrogen-bond donors (Lipinski definition) is 1. The molecule has 138 valence electrons. The molecule has 1 fully saturated rings. The molecule has 1 amide bonds. The number of piperazine rings is 1. The van der Waals surface area contributed by atoms with E-state index in [2.05, 4.69) is 20.2 Å². The van der Waals surface area contributed by atoms with Crippen LogP contribution in [0.3, 0.4) is 0 Å². The van der Waals surface area contributed by atoms with Gasteiger partial charge in [-0.15, -0.1) is 0 Å². The van der Waals surface area contributed by atoms with E-state index >= 15 is 0 Å².